The lowest BCUT2D eigenvalue weighted by molar-refractivity contribution is -0.136. The van der Waals surface area contributed by atoms with Crippen LogP contribution in [0.4, 0.5) is 0 Å². The molecular formula is C9H16O2. The highest BCUT2D eigenvalue weighted by atomic mass is 16.4. The molecule has 0 aliphatic carbocycles. The minimum atomic E-state index is -0.770. The molecule has 0 heterocycles. The summed E-state index contributed by atoms with van der Waals surface area (Å²) in [6.45, 7) is 8.17. The molecule has 0 saturated heterocycles. The lowest BCUT2D eigenvalue weighted by Gasteiger charge is -2.18. The molecule has 64 valence electrons. The molecule has 0 bridgehead atoms. The first-order valence-electron chi connectivity index (χ1n) is 3.73. The second-order valence-corrected chi connectivity index (χ2v) is 3.73. The van der Waals surface area contributed by atoms with Crippen molar-refractivity contribution in [2.24, 2.45) is 5.41 Å². The van der Waals surface area contributed by atoms with E-state index in [9.17, 15) is 4.79 Å². The van der Waals surface area contributed by atoms with Crippen LogP contribution in [-0.2, 0) is 4.79 Å². The number of hydrogen-bond donors (Lipinski definition) is 1. The van der Waals surface area contributed by atoms with E-state index < -0.39 is 5.97 Å². The van der Waals surface area contributed by atoms with Crippen LogP contribution in [-0.4, -0.2) is 11.1 Å². The van der Waals surface area contributed by atoms with Crippen molar-refractivity contribution in [2.75, 3.05) is 0 Å². The van der Waals surface area contributed by atoms with Gasteiger partial charge in [-0.1, -0.05) is 32.4 Å². The first-order valence-corrected chi connectivity index (χ1v) is 3.73. The van der Waals surface area contributed by atoms with Gasteiger partial charge in [-0.15, -0.1) is 0 Å². The first kappa shape index (κ1) is 10.2. The summed E-state index contributed by atoms with van der Waals surface area (Å²) in [5.74, 6) is -0.770. The third kappa shape index (κ3) is 4.59. The van der Waals surface area contributed by atoms with E-state index in [0.717, 1.165) is 5.57 Å². The van der Waals surface area contributed by atoms with E-state index in [1.807, 2.05) is 6.92 Å². The van der Waals surface area contributed by atoms with Crippen LogP contribution in [0.2, 0.25) is 0 Å². The van der Waals surface area contributed by atoms with Gasteiger partial charge < -0.3 is 5.11 Å². The number of hydrogen-bond acceptors (Lipinski definition) is 1. The van der Waals surface area contributed by atoms with E-state index in [1.54, 1.807) is 6.08 Å². The summed E-state index contributed by atoms with van der Waals surface area (Å²) in [4.78, 5) is 10.2. The molecule has 0 aromatic heterocycles. The number of allylic oxidation sites excluding steroid dienone is 1. The third-order valence-electron chi connectivity index (χ3n) is 1.77. The van der Waals surface area contributed by atoms with Gasteiger partial charge in [0.15, 0.2) is 0 Å². The molecule has 1 N–H and O–H groups in total. The second-order valence-electron chi connectivity index (χ2n) is 3.73. The largest absolute Gasteiger partial charge is 0.481 e. The van der Waals surface area contributed by atoms with E-state index in [4.69, 9.17) is 5.11 Å². The third-order valence-corrected chi connectivity index (χ3v) is 1.77. The average Bonchev–Trinajstić information content (AvgIpc) is 1.80. The smallest absolute Gasteiger partial charge is 0.307 e. The molecule has 11 heavy (non-hydrogen) atoms. The number of rotatable bonds is 2. The lowest BCUT2D eigenvalue weighted by atomic mass is 9.87. The maximum atomic E-state index is 10.2. The van der Waals surface area contributed by atoms with Crippen molar-refractivity contribution in [1.29, 1.82) is 0 Å². The van der Waals surface area contributed by atoms with Crippen molar-refractivity contribution in [2.45, 2.75) is 34.1 Å². The number of carboxylic acids is 1. The second kappa shape index (κ2) is 3.56. The summed E-state index contributed by atoms with van der Waals surface area (Å²) in [5.41, 5.74) is 1.22. The van der Waals surface area contributed by atoms with E-state index in [-0.39, 0.29) is 11.8 Å². The predicted octanol–water partition coefficient (Wildman–Crippen LogP) is 2.45. The Morgan fingerprint density at radius 2 is 1.91 bits per heavy atom. The minimum absolute atomic E-state index is 0.0927. The molecule has 0 atom stereocenters. The molecule has 0 spiro atoms. The Bertz CT molecular complexity index is 172. The highest BCUT2D eigenvalue weighted by Crippen LogP contribution is 2.24. The molecule has 0 fully saturated rings. The summed E-state index contributed by atoms with van der Waals surface area (Å²) in [5, 5.41) is 8.38. The Kier molecular flexibility index (Phi) is 3.30. The van der Waals surface area contributed by atoms with Crippen molar-refractivity contribution in [3.05, 3.63) is 11.6 Å². The fourth-order valence-electron chi connectivity index (χ4n) is 0.547. The topological polar surface area (TPSA) is 37.3 Å². The van der Waals surface area contributed by atoms with Gasteiger partial charge in [0.05, 0.1) is 6.42 Å². The Labute approximate surface area is 67.9 Å². The summed E-state index contributed by atoms with van der Waals surface area (Å²) in [6, 6.07) is 0. The molecule has 0 amide bonds. The fourth-order valence-corrected chi connectivity index (χ4v) is 0.547. The van der Waals surface area contributed by atoms with Crippen molar-refractivity contribution < 1.29 is 9.90 Å². The highest BCUT2D eigenvalue weighted by molar-refractivity contribution is 5.68. The molecule has 0 radical (unpaired) electrons. The van der Waals surface area contributed by atoms with Crippen molar-refractivity contribution in [1.82, 2.24) is 0 Å². The van der Waals surface area contributed by atoms with Crippen LogP contribution in [0.3, 0.4) is 0 Å². The summed E-state index contributed by atoms with van der Waals surface area (Å²) in [7, 11) is 0. The molecule has 0 aromatic carbocycles. The van der Waals surface area contributed by atoms with Gasteiger partial charge in [0, 0.05) is 0 Å². The zero-order valence-electron chi connectivity index (χ0n) is 7.64. The van der Waals surface area contributed by atoms with Crippen molar-refractivity contribution in [3.8, 4) is 0 Å². The standard InChI is InChI=1S/C9H16O2/c1-7(9(2,3)4)5-6-8(10)11/h5H,6H2,1-4H3,(H,10,11)/b7-5+. The molecule has 0 rings (SSSR count). The molecule has 0 saturated carbocycles. The summed E-state index contributed by atoms with van der Waals surface area (Å²) >= 11 is 0. The Morgan fingerprint density at radius 3 is 2.18 bits per heavy atom. The summed E-state index contributed by atoms with van der Waals surface area (Å²) < 4.78 is 0. The normalized spacial score (nSPS) is 13.3. The lowest BCUT2D eigenvalue weighted by Crippen LogP contribution is -2.07. The van der Waals surface area contributed by atoms with E-state index >= 15 is 0 Å². The van der Waals surface area contributed by atoms with Crippen molar-refractivity contribution in [3.63, 3.8) is 0 Å². The first-order chi connectivity index (χ1) is 4.84. The quantitative estimate of drug-likeness (QED) is 0.623. The minimum Gasteiger partial charge on any atom is -0.481 e. The zero-order chi connectivity index (χ0) is 9.07. The monoisotopic (exact) mass is 156 g/mol. The van der Waals surface area contributed by atoms with Crippen molar-refractivity contribution >= 4 is 5.97 Å². The SMILES string of the molecule is C/C(=C\CC(=O)O)C(C)(C)C. The van der Waals surface area contributed by atoms with Crippen LogP contribution in [0.25, 0.3) is 0 Å². The Hall–Kier alpha value is -0.790. The van der Waals surface area contributed by atoms with Gasteiger partial charge >= 0.3 is 5.97 Å². The van der Waals surface area contributed by atoms with Crippen LogP contribution in [0.1, 0.15) is 34.1 Å². The average molecular weight is 156 g/mol. The summed E-state index contributed by atoms with van der Waals surface area (Å²) in [6.07, 6.45) is 1.89. The molecule has 0 unspecified atom stereocenters. The van der Waals surface area contributed by atoms with Crippen LogP contribution in [0, 0.1) is 5.41 Å². The van der Waals surface area contributed by atoms with Crippen LogP contribution < -0.4 is 0 Å². The van der Waals surface area contributed by atoms with Gasteiger partial charge in [-0.25, -0.2) is 0 Å². The highest BCUT2D eigenvalue weighted by Gasteiger charge is 2.11. The van der Waals surface area contributed by atoms with E-state index in [1.165, 1.54) is 0 Å². The Morgan fingerprint density at radius 1 is 1.45 bits per heavy atom. The Balaban J connectivity index is 4.12. The molecule has 0 aliphatic rings. The number of carboxylic acid groups (broad SMARTS) is 1. The van der Waals surface area contributed by atoms with Gasteiger partial charge in [-0.3, -0.25) is 4.79 Å². The number of carbonyl (C=O) groups is 1. The molecule has 0 aromatic rings. The van der Waals surface area contributed by atoms with Gasteiger partial charge in [-0.2, -0.15) is 0 Å². The molecule has 2 nitrogen and oxygen atoms in total. The maximum Gasteiger partial charge on any atom is 0.307 e. The zero-order valence-corrected chi connectivity index (χ0v) is 7.64. The fraction of sp³-hybridized carbons (Fsp3) is 0.667. The van der Waals surface area contributed by atoms with Gasteiger partial charge in [0.2, 0.25) is 0 Å². The predicted molar refractivity (Wildman–Crippen MR) is 45.5 cm³/mol. The van der Waals surface area contributed by atoms with E-state index in [0.29, 0.717) is 0 Å². The van der Waals surface area contributed by atoms with Gasteiger partial charge in [0.1, 0.15) is 0 Å². The van der Waals surface area contributed by atoms with Crippen LogP contribution in [0.5, 0.6) is 0 Å². The van der Waals surface area contributed by atoms with Crippen LogP contribution >= 0.6 is 0 Å². The maximum absolute atomic E-state index is 10.2. The molecule has 2 heteroatoms. The van der Waals surface area contributed by atoms with E-state index in [2.05, 4.69) is 20.8 Å². The molecular weight excluding hydrogens is 140 g/mol. The molecule has 0 aliphatic heterocycles. The van der Waals surface area contributed by atoms with Gasteiger partial charge in [0.25, 0.3) is 0 Å². The van der Waals surface area contributed by atoms with Gasteiger partial charge in [-0.05, 0) is 12.3 Å². The number of aliphatic carboxylic acids is 1. The van der Waals surface area contributed by atoms with Crippen LogP contribution in [0.15, 0.2) is 11.6 Å².